The van der Waals surface area contributed by atoms with Gasteiger partial charge >= 0.3 is 0 Å². The van der Waals surface area contributed by atoms with Crippen molar-refractivity contribution in [2.24, 2.45) is 0 Å². The molecule has 1 aromatic carbocycles. The molecule has 2 rings (SSSR count). The van der Waals surface area contributed by atoms with Gasteiger partial charge in [-0.1, -0.05) is 18.2 Å². The fraction of sp³-hybridized carbons (Fsp3) is 0.500. The van der Waals surface area contributed by atoms with Gasteiger partial charge in [-0.05, 0) is 31.9 Å². The summed E-state index contributed by atoms with van der Waals surface area (Å²) in [6, 6.07) is 9.99. The summed E-state index contributed by atoms with van der Waals surface area (Å²) in [6.07, 6.45) is 2.37. The first kappa shape index (κ1) is 13.4. The number of hydrogen-bond donors (Lipinski definition) is 1. The molecule has 1 fully saturated rings. The average molecular weight is 265 g/mol. The summed E-state index contributed by atoms with van der Waals surface area (Å²) in [5, 5.41) is 2.88. The van der Waals surface area contributed by atoms with Crippen LogP contribution in [0.15, 0.2) is 35.2 Å². The second-order valence-corrected chi connectivity index (χ2v) is 5.87. The fourth-order valence-corrected chi connectivity index (χ4v) is 2.83. The second kappa shape index (κ2) is 6.81. The van der Waals surface area contributed by atoms with Crippen molar-refractivity contribution in [2.75, 3.05) is 13.2 Å². The minimum atomic E-state index is -0.0752. The van der Waals surface area contributed by atoms with E-state index in [4.69, 9.17) is 4.74 Å². The third-order valence-corrected chi connectivity index (χ3v) is 4.07. The maximum Gasteiger partial charge on any atom is 0.233 e. The van der Waals surface area contributed by atoms with Crippen LogP contribution in [0.2, 0.25) is 0 Å². The van der Waals surface area contributed by atoms with Crippen molar-refractivity contribution in [3.63, 3.8) is 0 Å². The van der Waals surface area contributed by atoms with Gasteiger partial charge in [0.05, 0.1) is 11.4 Å². The van der Waals surface area contributed by atoms with Crippen molar-refractivity contribution < 1.29 is 9.53 Å². The lowest BCUT2D eigenvalue weighted by molar-refractivity contribution is -0.120. The minimum absolute atomic E-state index is 0.0752. The lowest BCUT2D eigenvalue weighted by Crippen LogP contribution is -2.36. The third-order valence-electron chi connectivity index (χ3n) is 2.95. The van der Waals surface area contributed by atoms with Crippen LogP contribution < -0.4 is 5.32 Å². The Morgan fingerprint density at radius 1 is 1.50 bits per heavy atom. The van der Waals surface area contributed by atoms with Crippen molar-refractivity contribution in [3.8, 4) is 0 Å². The highest BCUT2D eigenvalue weighted by molar-refractivity contribution is 8.00. The van der Waals surface area contributed by atoms with Gasteiger partial charge in [-0.3, -0.25) is 4.79 Å². The number of hydrogen-bond acceptors (Lipinski definition) is 3. The molecule has 2 atom stereocenters. The van der Waals surface area contributed by atoms with E-state index in [9.17, 15) is 4.79 Å². The van der Waals surface area contributed by atoms with Crippen LogP contribution in [0.3, 0.4) is 0 Å². The van der Waals surface area contributed by atoms with Gasteiger partial charge in [-0.15, -0.1) is 11.8 Å². The molecule has 1 heterocycles. The van der Waals surface area contributed by atoms with Crippen molar-refractivity contribution in [2.45, 2.75) is 36.0 Å². The van der Waals surface area contributed by atoms with Gasteiger partial charge in [-0.2, -0.15) is 0 Å². The Kier molecular flexibility index (Phi) is 5.08. The zero-order chi connectivity index (χ0) is 12.8. The topological polar surface area (TPSA) is 38.3 Å². The van der Waals surface area contributed by atoms with E-state index in [1.54, 1.807) is 11.8 Å². The zero-order valence-corrected chi connectivity index (χ0v) is 11.4. The predicted octanol–water partition coefficient (Wildman–Crippen LogP) is 2.46. The number of amides is 1. The third kappa shape index (κ3) is 4.03. The molecular weight excluding hydrogens is 246 g/mol. The number of carbonyl (C=O) groups excluding carboxylic acids is 1. The standard InChI is InChI=1S/C14H19NO2S/c1-11(18-13-7-3-2-4-8-13)14(16)15-10-12-6-5-9-17-12/h2-4,7-8,11-12H,5-6,9-10H2,1H3,(H,15,16)/t11-,12-/m0/s1. The van der Waals surface area contributed by atoms with Gasteiger partial charge in [0.2, 0.25) is 5.91 Å². The Morgan fingerprint density at radius 2 is 2.28 bits per heavy atom. The summed E-state index contributed by atoms with van der Waals surface area (Å²) >= 11 is 1.58. The number of ether oxygens (including phenoxy) is 1. The molecule has 0 unspecified atom stereocenters. The first-order valence-electron chi connectivity index (χ1n) is 6.37. The maximum atomic E-state index is 11.9. The lowest BCUT2D eigenvalue weighted by Gasteiger charge is -2.14. The molecule has 18 heavy (non-hydrogen) atoms. The number of thioether (sulfide) groups is 1. The highest BCUT2D eigenvalue weighted by Crippen LogP contribution is 2.22. The zero-order valence-electron chi connectivity index (χ0n) is 10.6. The molecule has 0 bridgehead atoms. The van der Waals surface area contributed by atoms with E-state index < -0.39 is 0 Å². The number of rotatable bonds is 5. The molecule has 0 saturated carbocycles. The molecule has 1 amide bonds. The van der Waals surface area contributed by atoms with Crippen LogP contribution >= 0.6 is 11.8 Å². The molecule has 1 aromatic rings. The summed E-state index contributed by atoms with van der Waals surface area (Å²) in [5.74, 6) is 0.0827. The van der Waals surface area contributed by atoms with Crippen LogP contribution in [-0.2, 0) is 9.53 Å². The molecule has 0 aromatic heterocycles. The largest absolute Gasteiger partial charge is 0.376 e. The number of nitrogens with one attached hydrogen (secondary N) is 1. The quantitative estimate of drug-likeness (QED) is 0.831. The first-order chi connectivity index (χ1) is 8.75. The van der Waals surface area contributed by atoms with E-state index in [2.05, 4.69) is 5.32 Å². The summed E-state index contributed by atoms with van der Waals surface area (Å²) in [7, 11) is 0. The lowest BCUT2D eigenvalue weighted by atomic mass is 10.2. The second-order valence-electron chi connectivity index (χ2n) is 4.45. The van der Waals surface area contributed by atoms with Crippen LogP contribution in [0.4, 0.5) is 0 Å². The van der Waals surface area contributed by atoms with Gasteiger partial charge in [0.25, 0.3) is 0 Å². The maximum absolute atomic E-state index is 11.9. The highest BCUT2D eigenvalue weighted by Gasteiger charge is 2.19. The molecule has 4 heteroatoms. The predicted molar refractivity (Wildman–Crippen MR) is 73.7 cm³/mol. The van der Waals surface area contributed by atoms with Crippen LogP contribution in [0.1, 0.15) is 19.8 Å². The summed E-state index contributed by atoms with van der Waals surface area (Å²) < 4.78 is 5.48. The fourth-order valence-electron chi connectivity index (χ4n) is 1.92. The first-order valence-corrected chi connectivity index (χ1v) is 7.24. The van der Waals surface area contributed by atoms with E-state index in [-0.39, 0.29) is 17.3 Å². The van der Waals surface area contributed by atoms with E-state index in [0.717, 1.165) is 24.3 Å². The van der Waals surface area contributed by atoms with Gasteiger partial charge in [0.15, 0.2) is 0 Å². The van der Waals surface area contributed by atoms with Crippen LogP contribution in [-0.4, -0.2) is 30.4 Å². The van der Waals surface area contributed by atoms with Gasteiger partial charge in [0.1, 0.15) is 0 Å². The summed E-state index contributed by atoms with van der Waals surface area (Å²) in [6.45, 7) is 3.40. The van der Waals surface area contributed by atoms with Crippen molar-refractivity contribution in [1.82, 2.24) is 5.32 Å². The van der Waals surface area contributed by atoms with E-state index in [1.165, 1.54) is 0 Å². The van der Waals surface area contributed by atoms with Crippen molar-refractivity contribution in [3.05, 3.63) is 30.3 Å². The molecule has 1 saturated heterocycles. The molecule has 98 valence electrons. The van der Waals surface area contributed by atoms with E-state index in [1.807, 2.05) is 37.3 Å². The average Bonchev–Trinajstić information content (AvgIpc) is 2.90. The molecular formula is C14H19NO2S. The van der Waals surface area contributed by atoms with Crippen molar-refractivity contribution >= 4 is 17.7 Å². The molecule has 1 aliphatic heterocycles. The summed E-state index contributed by atoms with van der Waals surface area (Å²) in [4.78, 5) is 13.0. The van der Waals surface area contributed by atoms with Gasteiger partial charge in [0, 0.05) is 18.0 Å². The minimum Gasteiger partial charge on any atom is -0.376 e. The Balaban J connectivity index is 1.74. The highest BCUT2D eigenvalue weighted by atomic mass is 32.2. The molecule has 1 aliphatic rings. The molecule has 0 radical (unpaired) electrons. The molecule has 1 N–H and O–H groups in total. The van der Waals surface area contributed by atoms with Gasteiger partial charge in [-0.25, -0.2) is 0 Å². The SMILES string of the molecule is C[C@H](Sc1ccccc1)C(=O)NC[C@@H]1CCCO1. The van der Waals surface area contributed by atoms with Crippen molar-refractivity contribution in [1.29, 1.82) is 0 Å². The normalized spacial score (nSPS) is 20.6. The molecule has 3 nitrogen and oxygen atoms in total. The van der Waals surface area contributed by atoms with E-state index >= 15 is 0 Å². The monoisotopic (exact) mass is 265 g/mol. The smallest absolute Gasteiger partial charge is 0.233 e. The number of carbonyl (C=O) groups is 1. The Bertz CT molecular complexity index is 377. The van der Waals surface area contributed by atoms with Gasteiger partial charge < -0.3 is 10.1 Å². The van der Waals surface area contributed by atoms with E-state index in [0.29, 0.717) is 6.54 Å². The Hall–Kier alpha value is -1.00. The number of benzene rings is 1. The Morgan fingerprint density at radius 3 is 2.94 bits per heavy atom. The Labute approximate surface area is 112 Å². The van der Waals surface area contributed by atoms with Crippen LogP contribution in [0, 0.1) is 0 Å². The molecule has 0 aliphatic carbocycles. The van der Waals surface area contributed by atoms with Crippen LogP contribution in [0.5, 0.6) is 0 Å². The molecule has 0 spiro atoms. The summed E-state index contributed by atoms with van der Waals surface area (Å²) in [5.41, 5.74) is 0. The van der Waals surface area contributed by atoms with Crippen LogP contribution in [0.25, 0.3) is 0 Å².